The molecule has 18 heavy (non-hydrogen) atoms. The molecule has 0 saturated heterocycles. The van der Waals surface area contributed by atoms with Crippen LogP contribution in [0.2, 0.25) is 0 Å². The largest absolute Gasteiger partial charge is 0.497 e. The summed E-state index contributed by atoms with van der Waals surface area (Å²) in [5, 5.41) is 2.10. The highest BCUT2D eigenvalue weighted by Gasteiger charge is 2.15. The molecule has 4 heteroatoms. The zero-order valence-corrected chi connectivity index (χ0v) is 12.8. The Morgan fingerprint density at radius 1 is 1.22 bits per heavy atom. The maximum atomic E-state index is 5.42. The van der Waals surface area contributed by atoms with Crippen molar-refractivity contribution in [3.8, 4) is 11.5 Å². The minimum absolute atomic E-state index is 0.247. The molecule has 0 radical (unpaired) electrons. The molecule has 0 fully saturated rings. The molecular weight excluding hydrogens is 312 g/mol. The molecule has 96 valence electrons. The lowest BCUT2D eigenvalue weighted by molar-refractivity contribution is 0.391. The number of ether oxygens (including phenoxy) is 2. The second-order valence-corrected chi connectivity index (χ2v) is 6.00. The minimum Gasteiger partial charge on any atom is -0.497 e. The van der Waals surface area contributed by atoms with Crippen molar-refractivity contribution in [2.24, 2.45) is 0 Å². The molecule has 0 N–H and O–H groups in total. The number of methoxy groups -OCH3 is 2. The molecule has 1 unspecified atom stereocenters. The van der Waals surface area contributed by atoms with Gasteiger partial charge < -0.3 is 9.47 Å². The Hall–Kier alpha value is -1.00. The van der Waals surface area contributed by atoms with Gasteiger partial charge in [0.15, 0.2) is 0 Å². The van der Waals surface area contributed by atoms with Crippen LogP contribution in [-0.2, 0) is 6.42 Å². The van der Waals surface area contributed by atoms with Crippen LogP contribution in [-0.4, -0.2) is 14.2 Å². The molecule has 2 aromatic rings. The van der Waals surface area contributed by atoms with E-state index in [4.69, 9.17) is 9.47 Å². The van der Waals surface area contributed by atoms with Crippen LogP contribution < -0.4 is 9.47 Å². The average Bonchev–Trinajstić information content (AvgIpc) is 2.90. The Kier molecular flexibility index (Phi) is 4.66. The van der Waals surface area contributed by atoms with E-state index in [0.717, 1.165) is 23.5 Å². The van der Waals surface area contributed by atoms with Gasteiger partial charge in [-0.15, -0.1) is 11.3 Å². The lowest BCUT2D eigenvalue weighted by Crippen LogP contribution is -1.98. The third-order valence-electron chi connectivity index (χ3n) is 2.74. The van der Waals surface area contributed by atoms with Gasteiger partial charge in [0.1, 0.15) is 11.5 Å². The highest BCUT2D eigenvalue weighted by atomic mass is 79.9. The Morgan fingerprint density at radius 2 is 2.06 bits per heavy atom. The van der Waals surface area contributed by atoms with Crippen molar-refractivity contribution >= 4 is 27.3 Å². The molecule has 2 rings (SSSR count). The quantitative estimate of drug-likeness (QED) is 0.756. The molecule has 0 bridgehead atoms. The smallest absolute Gasteiger partial charge is 0.126 e. The summed E-state index contributed by atoms with van der Waals surface area (Å²) in [6.07, 6.45) is 0.959. The Morgan fingerprint density at radius 3 is 2.67 bits per heavy atom. The van der Waals surface area contributed by atoms with E-state index in [2.05, 4.69) is 33.4 Å². The molecule has 1 aromatic carbocycles. The topological polar surface area (TPSA) is 18.5 Å². The van der Waals surface area contributed by atoms with Gasteiger partial charge in [0.2, 0.25) is 0 Å². The minimum atomic E-state index is 0.247. The number of thiophene rings is 1. The number of alkyl halides is 1. The second-order valence-electron chi connectivity index (χ2n) is 3.86. The SMILES string of the molecule is COc1ccc(C(Br)Cc2cccs2)c(OC)c1. The zero-order chi connectivity index (χ0) is 13.0. The van der Waals surface area contributed by atoms with Gasteiger partial charge in [0.25, 0.3) is 0 Å². The van der Waals surface area contributed by atoms with E-state index in [0.29, 0.717) is 0 Å². The fraction of sp³-hybridized carbons (Fsp3) is 0.286. The second kappa shape index (κ2) is 6.25. The number of benzene rings is 1. The third-order valence-corrected chi connectivity index (χ3v) is 4.45. The number of hydrogen-bond acceptors (Lipinski definition) is 3. The van der Waals surface area contributed by atoms with E-state index in [-0.39, 0.29) is 4.83 Å². The van der Waals surface area contributed by atoms with Crippen molar-refractivity contribution in [3.63, 3.8) is 0 Å². The average molecular weight is 327 g/mol. The van der Waals surface area contributed by atoms with Crippen LogP contribution >= 0.6 is 27.3 Å². The third kappa shape index (κ3) is 3.06. The molecule has 1 atom stereocenters. The van der Waals surface area contributed by atoms with Gasteiger partial charge in [-0.05, 0) is 23.9 Å². The summed E-state index contributed by atoms with van der Waals surface area (Å²) in [7, 11) is 3.34. The van der Waals surface area contributed by atoms with Crippen molar-refractivity contribution in [1.82, 2.24) is 0 Å². The van der Waals surface area contributed by atoms with Crippen LogP contribution in [0.25, 0.3) is 0 Å². The lowest BCUT2D eigenvalue weighted by Gasteiger charge is -2.14. The molecule has 0 saturated carbocycles. The first-order valence-corrected chi connectivity index (χ1v) is 7.42. The highest BCUT2D eigenvalue weighted by molar-refractivity contribution is 9.09. The summed E-state index contributed by atoms with van der Waals surface area (Å²) in [5.74, 6) is 1.67. The van der Waals surface area contributed by atoms with Gasteiger partial charge in [0, 0.05) is 21.3 Å². The van der Waals surface area contributed by atoms with E-state index in [1.54, 1.807) is 25.6 Å². The van der Waals surface area contributed by atoms with Crippen LogP contribution in [0.5, 0.6) is 11.5 Å². The Bertz CT molecular complexity index is 497. The lowest BCUT2D eigenvalue weighted by atomic mass is 10.1. The van der Waals surface area contributed by atoms with Gasteiger partial charge in [0.05, 0.1) is 14.2 Å². The first-order chi connectivity index (χ1) is 8.74. The maximum absolute atomic E-state index is 5.42. The van der Waals surface area contributed by atoms with E-state index in [1.165, 1.54) is 4.88 Å². The van der Waals surface area contributed by atoms with Gasteiger partial charge in [-0.2, -0.15) is 0 Å². The van der Waals surface area contributed by atoms with Gasteiger partial charge in [-0.3, -0.25) is 0 Å². The summed E-state index contributed by atoms with van der Waals surface area (Å²) in [4.78, 5) is 1.60. The fourth-order valence-electron chi connectivity index (χ4n) is 1.79. The molecule has 0 aliphatic heterocycles. The highest BCUT2D eigenvalue weighted by Crippen LogP contribution is 2.36. The van der Waals surface area contributed by atoms with Gasteiger partial charge in [-0.1, -0.05) is 28.1 Å². The molecule has 1 aromatic heterocycles. The number of rotatable bonds is 5. The summed E-state index contributed by atoms with van der Waals surface area (Å²) in [6.45, 7) is 0. The zero-order valence-electron chi connectivity index (χ0n) is 10.4. The molecule has 0 aliphatic rings. The Balaban J connectivity index is 2.21. The van der Waals surface area contributed by atoms with Crippen LogP contribution in [0.4, 0.5) is 0 Å². The number of halogens is 1. The fourth-order valence-corrected chi connectivity index (χ4v) is 3.49. The summed E-state index contributed by atoms with van der Waals surface area (Å²) in [5.41, 5.74) is 1.15. The van der Waals surface area contributed by atoms with Crippen molar-refractivity contribution in [3.05, 3.63) is 46.2 Å². The molecule has 2 nitrogen and oxygen atoms in total. The standard InChI is InChI=1S/C14H15BrO2S/c1-16-10-5-6-12(14(8-10)17-2)13(15)9-11-4-3-7-18-11/h3-8,13H,9H2,1-2H3. The van der Waals surface area contributed by atoms with Gasteiger partial charge >= 0.3 is 0 Å². The predicted molar refractivity (Wildman–Crippen MR) is 79.2 cm³/mol. The predicted octanol–water partition coefficient (Wildman–Crippen LogP) is 4.44. The first-order valence-electron chi connectivity index (χ1n) is 5.63. The normalized spacial score (nSPS) is 12.2. The summed E-state index contributed by atoms with van der Waals surface area (Å²) < 4.78 is 10.6. The van der Waals surface area contributed by atoms with Crippen LogP contribution in [0.1, 0.15) is 15.3 Å². The Labute approximate surface area is 120 Å². The number of hydrogen-bond donors (Lipinski definition) is 0. The van der Waals surface area contributed by atoms with Gasteiger partial charge in [-0.25, -0.2) is 0 Å². The van der Waals surface area contributed by atoms with Crippen molar-refractivity contribution in [1.29, 1.82) is 0 Å². The van der Waals surface area contributed by atoms with Crippen LogP contribution in [0.15, 0.2) is 35.7 Å². The van der Waals surface area contributed by atoms with Crippen LogP contribution in [0.3, 0.4) is 0 Å². The van der Waals surface area contributed by atoms with Crippen molar-refractivity contribution < 1.29 is 9.47 Å². The van der Waals surface area contributed by atoms with Crippen LogP contribution in [0, 0.1) is 0 Å². The molecule has 1 heterocycles. The molecule has 0 aliphatic carbocycles. The summed E-state index contributed by atoms with van der Waals surface area (Å²) >= 11 is 5.50. The van der Waals surface area contributed by atoms with E-state index in [1.807, 2.05) is 18.2 Å². The first kappa shape index (κ1) is 13.4. The molecule has 0 amide bonds. The molecule has 0 spiro atoms. The summed E-state index contributed by atoms with van der Waals surface area (Å²) in [6, 6.07) is 10.1. The van der Waals surface area contributed by atoms with E-state index < -0.39 is 0 Å². The van der Waals surface area contributed by atoms with Crippen molar-refractivity contribution in [2.75, 3.05) is 14.2 Å². The maximum Gasteiger partial charge on any atom is 0.126 e. The monoisotopic (exact) mass is 326 g/mol. The molecular formula is C14H15BrO2S. The van der Waals surface area contributed by atoms with E-state index in [9.17, 15) is 0 Å². The van der Waals surface area contributed by atoms with E-state index >= 15 is 0 Å². The van der Waals surface area contributed by atoms with Crippen molar-refractivity contribution in [2.45, 2.75) is 11.2 Å².